The van der Waals surface area contributed by atoms with Crippen LogP contribution in [0.4, 0.5) is 0 Å². The Hall–Kier alpha value is -3.13. The van der Waals surface area contributed by atoms with E-state index in [-0.39, 0.29) is 12.5 Å². The van der Waals surface area contributed by atoms with E-state index in [9.17, 15) is 9.59 Å². The van der Waals surface area contributed by atoms with Crippen LogP contribution >= 0.6 is 11.6 Å². The zero-order valence-corrected chi connectivity index (χ0v) is 16.9. The molecule has 0 unspecified atom stereocenters. The summed E-state index contributed by atoms with van der Waals surface area (Å²) in [6.45, 7) is 2.95. The molecule has 29 heavy (non-hydrogen) atoms. The lowest BCUT2D eigenvalue weighted by Gasteiger charge is -2.17. The predicted octanol–water partition coefficient (Wildman–Crippen LogP) is 2.80. The third-order valence-corrected chi connectivity index (χ3v) is 4.56. The van der Waals surface area contributed by atoms with E-state index in [2.05, 4.69) is 10.3 Å². The maximum absolute atomic E-state index is 12.2. The van der Waals surface area contributed by atoms with Crippen LogP contribution in [0.25, 0.3) is 11.0 Å². The van der Waals surface area contributed by atoms with Crippen molar-refractivity contribution in [2.45, 2.75) is 13.5 Å². The van der Waals surface area contributed by atoms with Crippen molar-refractivity contribution in [1.82, 2.24) is 19.9 Å². The molecular formula is C20H21ClN4O4. The number of esters is 1. The van der Waals surface area contributed by atoms with E-state index in [1.807, 2.05) is 6.92 Å². The molecule has 0 aliphatic heterocycles. The van der Waals surface area contributed by atoms with Crippen molar-refractivity contribution in [3.8, 4) is 5.75 Å². The lowest BCUT2D eigenvalue weighted by atomic mass is 10.2. The number of likely N-dealkylation sites (N-methyl/N-ethyl adjacent to an activating group) is 1. The quantitative estimate of drug-likeness (QED) is 0.525. The molecule has 1 heterocycles. The van der Waals surface area contributed by atoms with Gasteiger partial charge in [0.1, 0.15) is 17.9 Å². The fourth-order valence-electron chi connectivity index (χ4n) is 2.61. The first-order valence-electron chi connectivity index (χ1n) is 9.10. The van der Waals surface area contributed by atoms with Crippen molar-refractivity contribution in [2.24, 2.45) is 0 Å². The normalized spacial score (nSPS) is 10.7. The molecule has 8 nitrogen and oxygen atoms in total. The molecule has 3 rings (SSSR count). The highest BCUT2D eigenvalue weighted by Gasteiger charge is 2.15. The van der Waals surface area contributed by atoms with Gasteiger partial charge in [0.15, 0.2) is 6.61 Å². The molecular weight excluding hydrogens is 396 g/mol. The number of aromatic nitrogens is 3. The standard InChI is InChI=1S/C20H21ClN4O4/c1-3-25-18-9-4-14(12-17(18)22-23-25)20(27)29-13-19(26)24(2)10-11-28-16-7-5-15(21)6-8-16/h4-9,12H,3,10-11,13H2,1-2H3. The van der Waals surface area contributed by atoms with Crippen LogP contribution in [0.1, 0.15) is 17.3 Å². The first-order chi connectivity index (χ1) is 14.0. The molecule has 2 aromatic carbocycles. The average molecular weight is 417 g/mol. The number of amides is 1. The minimum atomic E-state index is -0.586. The maximum Gasteiger partial charge on any atom is 0.338 e. The summed E-state index contributed by atoms with van der Waals surface area (Å²) in [5, 5.41) is 8.66. The molecule has 0 spiro atoms. The molecule has 0 aliphatic rings. The van der Waals surface area contributed by atoms with Crippen molar-refractivity contribution in [1.29, 1.82) is 0 Å². The van der Waals surface area contributed by atoms with Crippen LogP contribution in [0.3, 0.4) is 0 Å². The van der Waals surface area contributed by atoms with Gasteiger partial charge >= 0.3 is 5.97 Å². The molecule has 1 aromatic heterocycles. The highest BCUT2D eigenvalue weighted by Crippen LogP contribution is 2.16. The first kappa shape index (κ1) is 20.6. The Labute approximate surface area is 172 Å². The molecule has 0 N–H and O–H groups in total. The van der Waals surface area contributed by atoms with Crippen LogP contribution in [-0.4, -0.2) is 58.6 Å². The predicted molar refractivity (Wildman–Crippen MR) is 108 cm³/mol. The Morgan fingerprint density at radius 2 is 1.93 bits per heavy atom. The second-order valence-electron chi connectivity index (χ2n) is 6.30. The summed E-state index contributed by atoms with van der Waals surface area (Å²) >= 11 is 5.82. The molecule has 0 saturated carbocycles. The van der Waals surface area contributed by atoms with Gasteiger partial charge in [-0.1, -0.05) is 16.8 Å². The van der Waals surface area contributed by atoms with Gasteiger partial charge < -0.3 is 14.4 Å². The third-order valence-electron chi connectivity index (χ3n) is 4.31. The summed E-state index contributed by atoms with van der Waals surface area (Å²) < 4.78 is 12.4. The summed E-state index contributed by atoms with van der Waals surface area (Å²) in [7, 11) is 1.62. The number of hydrogen-bond donors (Lipinski definition) is 0. The topological polar surface area (TPSA) is 86.6 Å². The summed E-state index contributed by atoms with van der Waals surface area (Å²) in [6, 6.07) is 12.0. The van der Waals surface area contributed by atoms with Gasteiger partial charge in [-0.15, -0.1) is 5.10 Å². The number of halogens is 1. The van der Waals surface area contributed by atoms with E-state index < -0.39 is 5.97 Å². The molecule has 0 atom stereocenters. The average Bonchev–Trinajstić information content (AvgIpc) is 3.15. The van der Waals surface area contributed by atoms with E-state index in [1.54, 1.807) is 54.2 Å². The Balaban J connectivity index is 1.46. The van der Waals surface area contributed by atoms with Crippen LogP contribution in [-0.2, 0) is 16.1 Å². The monoisotopic (exact) mass is 416 g/mol. The Kier molecular flexibility index (Phi) is 6.66. The van der Waals surface area contributed by atoms with E-state index in [0.29, 0.717) is 41.5 Å². The van der Waals surface area contributed by atoms with E-state index >= 15 is 0 Å². The van der Waals surface area contributed by atoms with Crippen molar-refractivity contribution in [2.75, 3.05) is 26.8 Å². The molecule has 0 radical (unpaired) electrons. The highest BCUT2D eigenvalue weighted by atomic mass is 35.5. The van der Waals surface area contributed by atoms with Gasteiger partial charge in [-0.05, 0) is 49.4 Å². The zero-order valence-electron chi connectivity index (χ0n) is 16.2. The van der Waals surface area contributed by atoms with Crippen molar-refractivity contribution in [3.63, 3.8) is 0 Å². The van der Waals surface area contributed by atoms with E-state index in [1.165, 1.54) is 4.90 Å². The highest BCUT2D eigenvalue weighted by molar-refractivity contribution is 6.30. The van der Waals surface area contributed by atoms with Gasteiger partial charge in [0.2, 0.25) is 0 Å². The number of carbonyl (C=O) groups excluding carboxylic acids is 2. The second kappa shape index (κ2) is 9.38. The van der Waals surface area contributed by atoms with Gasteiger partial charge in [0.25, 0.3) is 5.91 Å². The Morgan fingerprint density at radius 1 is 1.17 bits per heavy atom. The Bertz CT molecular complexity index is 1000. The van der Waals surface area contributed by atoms with Crippen molar-refractivity contribution < 1.29 is 19.1 Å². The summed E-state index contributed by atoms with van der Waals surface area (Å²) in [6.07, 6.45) is 0. The number of aryl methyl sites for hydroxylation is 1. The van der Waals surface area contributed by atoms with Crippen LogP contribution < -0.4 is 4.74 Å². The summed E-state index contributed by atoms with van der Waals surface area (Å²) in [5.41, 5.74) is 1.76. The minimum absolute atomic E-state index is 0.307. The number of carbonyl (C=O) groups is 2. The smallest absolute Gasteiger partial charge is 0.338 e. The molecule has 0 bridgehead atoms. The number of benzene rings is 2. The van der Waals surface area contributed by atoms with Crippen LogP contribution in [0.15, 0.2) is 42.5 Å². The SMILES string of the molecule is CCn1nnc2cc(C(=O)OCC(=O)N(C)CCOc3ccc(Cl)cc3)ccc21. The minimum Gasteiger partial charge on any atom is -0.492 e. The maximum atomic E-state index is 12.2. The summed E-state index contributed by atoms with van der Waals surface area (Å²) in [5.74, 6) is -0.245. The molecule has 1 amide bonds. The van der Waals surface area contributed by atoms with Gasteiger partial charge in [-0.2, -0.15) is 0 Å². The molecule has 9 heteroatoms. The Morgan fingerprint density at radius 3 is 2.66 bits per heavy atom. The zero-order chi connectivity index (χ0) is 20.8. The van der Waals surface area contributed by atoms with Gasteiger partial charge in [0.05, 0.1) is 17.6 Å². The number of rotatable bonds is 8. The number of fused-ring (bicyclic) bond motifs is 1. The van der Waals surface area contributed by atoms with Crippen LogP contribution in [0.2, 0.25) is 5.02 Å². The number of hydrogen-bond acceptors (Lipinski definition) is 6. The summed E-state index contributed by atoms with van der Waals surface area (Å²) in [4.78, 5) is 25.8. The molecule has 0 saturated heterocycles. The second-order valence-corrected chi connectivity index (χ2v) is 6.74. The third kappa shape index (κ3) is 5.23. The molecule has 0 aliphatic carbocycles. The molecule has 152 valence electrons. The first-order valence-corrected chi connectivity index (χ1v) is 9.48. The van der Waals surface area contributed by atoms with Gasteiger partial charge in [-0.25, -0.2) is 9.48 Å². The van der Waals surface area contributed by atoms with Crippen LogP contribution in [0.5, 0.6) is 5.75 Å². The lowest BCUT2D eigenvalue weighted by molar-refractivity contribution is -0.133. The van der Waals surface area contributed by atoms with Crippen LogP contribution in [0, 0.1) is 0 Å². The number of nitrogens with zero attached hydrogens (tertiary/aromatic N) is 4. The van der Waals surface area contributed by atoms with Crippen molar-refractivity contribution in [3.05, 3.63) is 53.1 Å². The van der Waals surface area contributed by atoms with Gasteiger partial charge in [-0.3, -0.25) is 4.79 Å². The van der Waals surface area contributed by atoms with Crippen molar-refractivity contribution >= 4 is 34.5 Å². The van der Waals surface area contributed by atoms with E-state index in [0.717, 1.165) is 5.52 Å². The number of ether oxygens (including phenoxy) is 2. The van der Waals surface area contributed by atoms with E-state index in [4.69, 9.17) is 21.1 Å². The molecule has 3 aromatic rings. The van der Waals surface area contributed by atoms with Gasteiger partial charge in [0, 0.05) is 18.6 Å². The lowest BCUT2D eigenvalue weighted by Crippen LogP contribution is -2.34. The fraction of sp³-hybridized carbons (Fsp3) is 0.300. The fourth-order valence-corrected chi connectivity index (χ4v) is 2.74. The molecule has 0 fully saturated rings. The largest absolute Gasteiger partial charge is 0.492 e.